The summed E-state index contributed by atoms with van der Waals surface area (Å²) in [6, 6.07) is 6.75. The largest absolute Gasteiger partial charge is 0.508 e. The van der Waals surface area contributed by atoms with Crippen molar-refractivity contribution in [2.45, 2.75) is 74.6 Å². The van der Waals surface area contributed by atoms with E-state index in [0.717, 1.165) is 5.56 Å². The smallest absolute Gasteiger partial charge is 0.186 e. The number of hydrogen-bond donors (Lipinski definition) is 7. The zero-order valence-electron chi connectivity index (χ0n) is 17.7. The predicted molar refractivity (Wildman–Crippen MR) is 107 cm³/mol. The molecule has 2 fully saturated rings. The van der Waals surface area contributed by atoms with Gasteiger partial charge in [0.2, 0.25) is 0 Å². The lowest BCUT2D eigenvalue weighted by Gasteiger charge is -2.41. The van der Waals surface area contributed by atoms with Crippen molar-refractivity contribution in [1.82, 2.24) is 0 Å². The summed E-state index contributed by atoms with van der Waals surface area (Å²) in [7, 11) is 0. The summed E-state index contributed by atoms with van der Waals surface area (Å²) < 4.78 is 21.9. The maximum absolute atomic E-state index is 10.3. The molecule has 182 valence electrons. The molecule has 0 radical (unpaired) electrons. The third-order valence-corrected chi connectivity index (χ3v) is 5.82. The van der Waals surface area contributed by atoms with Crippen LogP contribution in [0, 0.1) is 0 Å². The highest BCUT2D eigenvalue weighted by Gasteiger charge is 2.50. The lowest BCUT2D eigenvalue weighted by atomic mass is 9.99. The van der Waals surface area contributed by atoms with E-state index in [4.69, 9.17) is 18.9 Å². The first-order valence-corrected chi connectivity index (χ1v) is 10.5. The van der Waals surface area contributed by atoms with E-state index in [0.29, 0.717) is 12.8 Å². The second-order valence-electron chi connectivity index (χ2n) is 8.39. The number of hydrogen-bond acceptors (Lipinski definition) is 11. The molecular weight excluding hydrogens is 428 g/mol. The normalized spacial score (nSPS) is 38.7. The number of aliphatic hydroxyl groups excluding tert-OH is 5. The lowest BCUT2D eigenvalue weighted by molar-refractivity contribution is -0.317. The molecule has 0 unspecified atom stereocenters. The molecule has 11 nitrogen and oxygen atoms in total. The van der Waals surface area contributed by atoms with Crippen LogP contribution in [0.25, 0.3) is 0 Å². The molecule has 32 heavy (non-hydrogen) atoms. The van der Waals surface area contributed by atoms with E-state index < -0.39 is 55.3 Å². The second-order valence-corrected chi connectivity index (χ2v) is 8.39. The van der Waals surface area contributed by atoms with E-state index >= 15 is 0 Å². The Morgan fingerprint density at radius 2 is 1.75 bits per heavy atom. The maximum Gasteiger partial charge on any atom is 0.186 e. The fourth-order valence-corrected chi connectivity index (χ4v) is 3.62. The van der Waals surface area contributed by atoms with Crippen molar-refractivity contribution in [2.24, 2.45) is 0 Å². The molecule has 1 aromatic carbocycles. The monoisotopic (exact) mass is 460 g/mol. The minimum Gasteiger partial charge on any atom is -0.508 e. The number of aromatic hydroxyl groups is 1. The van der Waals surface area contributed by atoms with Crippen molar-refractivity contribution in [3.8, 4) is 5.75 Å². The Morgan fingerprint density at radius 1 is 1.06 bits per heavy atom. The Labute approximate surface area is 185 Å². The molecule has 0 bridgehead atoms. The van der Waals surface area contributed by atoms with Gasteiger partial charge in [-0.3, -0.25) is 0 Å². The van der Waals surface area contributed by atoms with Gasteiger partial charge in [-0.25, -0.2) is 0 Å². The van der Waals surface area contributed by atoms with Gasteiger partial charge in [0.05, 0.1) is 25.9 Å². The highest BCUT2D eigenvalue weighted by Crippen LogP contribution is 2.28. The van der Waals surface area contributed by atoms with Crippen LogP contribution in [0.5, 0.6) is 5.75 Å². The summed E-state index contributed by atoms with van der Waals surface area (Å²) >= 11 is 0. The summed E-state index contributed by atoms with van der Waals surface area (Å²) in [6.45, 7) is 0.377. The SMILES string of the molecule is C[C@H](CCc1ccc(O)cc1)O[C@@H]1O[C@H](CO[C@@H]2OC[C@](O)(CO)[C@H]2O)[C@@H](O)[C@H](O)[C@H]1O. The number of aryl methyl sites for hydroxylation is 1. The van der Waals surface area contributed by atoms with Crippen LogP contribution in [-0.4, -0.2) is 110 Å². The van der Waals surface area contributed by atoms with Gasteiger partial charge < -0.3 is 54.7 Å². The fraction of sp³-hybridized carbons (Fsp3) is 0.714. The Morgan fingerprint density at radius 3 is 2.38 bits per heavy atom. The molecule has 0 spiro atoms. The third kappa shape index (κ3) is 5.75. The summed E-state index contributed by atoms with van der Waals surface area (Å²) in [6.07, 6.45) is -8.83. The molecule has 0 aliphatic carbocycles. The first kappa shape index (κ1) is 25.2. The van der Waals surface area contributed by atoms with Crippen LogP contribution in [-0.2, 0) is 25.4 Å². The molecule has 2 aliphatic heterocycles. The average Bonchev–Trinajstić information content (AvgIpc) is 3.07. The van der Waals surface area contributed by atoms with E-state index in [1.165, 1.54) is 0 Å². The summed E-state index contributed by atoms with van der Waals surface area (Å²) in [5.74, 6) is 0.175. The quantitative estimate of drug-likeness (QED) is 0.217. The molecule has 11 heteroatoms. The number of ether oxygens (including phenoxy) is 4. The van der Waals surface area contributed by atoms with Gasteiger partial charge in [-0.2, -0.15) is 0 Å². The average molecular weight is 460 g/mol. The van der Waals surface area contributed by atoms with Crippen LogP contribution < -0.4 is 0 Å². The standard InChI is InChI=1S/C21H32O11/c1-11(2-3-12-4-6-13(23)7-5-12)31-19-17(26)16(25)15(24)14(32-19)8-29-20-18(27)21(28,9-22)10-30-20/h4-7,11,14-20,22-28H,2-3,8-10H2,1H3/t11-,14-,15-,16+,17-,18+,19-,20-,21-/m1/s1. The van der Waals surface area contributed by atoms with Gasteiger partial charge in [0.15, 0.2) is 12.6 Å². The third-order valence-electron chi connectivity index (χ3n) is 5.82. The van der Waals surface area contributed by atoms with Crippen LogP contribution in [0.4, 0.5) is 0 Å². The van der Waals surface area contributed by atoms with Crippen LogP contribution in [0.2, 0.25) is 0 Å². The molecule has 0 aromatic heterocycles. The van der Waals surface area contributed by atoms with Crippen LogP contribution in [0.15, 0.2) is 24.3 Å². The molecule has 0 saturated carbocycles. The van der Waals surface area contributed by atoms with Gasteiger partial charge in [0.1, 0.15) is 41.9 Å². The molecule has 9 atom stereocenters. The molecule has 1 aromatic rings. The first-order chi connectivity index (χ1) is 15.1. The first-order valence-electron chi connectivity index (χ1n) is 10.5. The van der Waals surface area contributed by atoms with Crippen LogP contribution >= 0.6 is 0 Å². The number of aliphatic hydroxyl groups is 6. The van der Waals surface area contributed by atoms with E-state index in [1.807, 2.05) is 0 Å². The Kier molecular flexibility index (Phi) is 8.44. The van der Waals surface area contributed by atoms with Gasteiger partial charge in [-0.15, -0.1) is 0 Å². The van der Waals surface area contributed by atoms with Crippen LogP contribution in [0.1, 0.15) is 18.9 Å². The topological polar surface area (TPSA) is 179 Å². The lowest BCUT2D eigenvalue weighted by Crippen LogP contribution is -2.60. The fourth-order valence-electron chi connectivity index (χ4n) is 3.62. The van der Waals surface area contributed by atoms with Gasteiger partial charge in [-0.05, 0) is 37.5 Å². The summed E-state index contributed by atoms with van der Waals surface area (Å²) in [4.78, 5) is 0. The molecule has 3 rings (SSSR count). The molecule has 7 N–H and O–H groups in total. The molecule has 2 aliphatic rings. The molecule has 0 amide bonds. The van der Waals surface area contributed by atoms with Gasteiger partial charge >= 0.3 is 0 Å². The van der Waals surface area contributed by atoms with E-state index in [1.54, 1.807) is 31.2 Å². The Hall–Kier alpha value is -1.38. The maximum atomic E-state index is 10.3. The number of benzene rings is 1. The number of phenols is 1. The second kappa shape index (κ2) is 10.7. The molecule has 2 saturated heterocycles. The number of phenolic OH excluding ortho intramolecular Hbond substituents is 1. The van der Waals surface area contributed by atoms with E-state index in [-0.39, 0.29) is 25.1 Å². The molecule has 2 heterocycles. The zero-order valence-corrected chi connectivity index (χ0v) is 17.7. The van der Waals surface area contributed by atoms with Crippen molar-refractivity contribution < 1.29 is 54.7 Å². The Bertz CT molecular complexity index is 716. The summed E-state index contributed by atoms with van der Waals surface area (Å²) in [5, 5.41) is 69.3. The van der Waals surface area contributed by atoms with Gasteiger partial charge in [0.25, 0.3) is 0 Å². The Balaban J connectivity index is 1.52. The van der Waals surface area contributed by atoms with E-state index in [9.17, 15) is 35.7 Å². The summed E-state index contributed by atoms with van der Waals surface area (Å²) in [5.41, 5.74) is -0.867. The van der Waals surface area contributed by atoms with Crippen LogP contribution in [0.3, 0.4) is 0 Å². The van der Waals surface area contributed by atoms with Gasteiger partial charge in [0, 0.05) is 0 Å². The van der Waals surface area contributed by atoms with Crippen molar-refractivity contribution in [2.75, 3.05) is 19.8 Å². The predicted octanol–water partition coefficient (Wildman–Crippen LogP) is -2.01. The highest BCUT2D eigenvalue weighted by atomic mass is 16.7. The molecular formula is C21H32O11. The minimum atomic E-state index is -1.86. The highest BCUT2D eigenvalue weighted by molar-refractivity contribution is 5.25. The van der Waals surface area contributed by atoms with E-state index in [2.05, 4.69) is 0 Å². The van der Waals surface area contributed by atoms with Crippen molar-refractivity contribution in [1.29, 1.82) is 0 Å². The van der Waals surface area contributed by atoms with Crippen molar-refractivity contribution in [3.63, 3.8) is 0 Å². The van der Waals surface area contributed by atoms with Gasteiger partial charge in [-0.1, -0.05) is 12.1 Å². The van der Waals surface area contributed by atoms with Crippen molar-refractivity contribution >= 4 is 0 Å². The zero-order chi connectivity index (χ0) is 23.5. The van der Waals surface area contributed by atoms with Crippen molar-refractivity contribution in [3.05, 3.63) is 29.8 Å². The number of rotatable bonds is 9. The minimum absolute atomic E-state index is 0.175.